The molecule has 0 heterocycles. The monoisotopic (exact) mass is 261 g/mol. The van der Waals surface area contributed by atoms with E-state index in [4.69, 9.17) is 11.6 Å². The quantitative estimate of drug-likeness (QED) is 0.662. The number of hydroxylamine groups is 1. The third kappa shape index (κ3) is 2.70. The normalized spacial score (nSPS) is 10.2. The molecule has 4 heteroatoms. The van der Waals surface area contributed by atoms with Crippen LogP contribution in [0.2, 0.25) is 5.02 Å². The molecule has 1 N–H and O–H groups in total. The Hall–Kier alpha value is -1.84. The van der Waals surface area contributed by atoms with Crippen LogP contribution in [0.1, 0.15) is 15.9 Å². The van der Waals surface area contributed by atoms with Gasteiger partial charge in [-0.15, -0.1) is 0 Å². The van der Waals surface area contributed by atoms with E-state index in [1.54, 1.807) is 36.4 Å². The fraction of sp³-hybridized carbons (Fsp3) is 0.0714. The summed E-state index contributed by atoms with van der Waals surface area (Å²) in [6, 6.07) is 13.4. The third-order valence-corrected chi connectivity index (χ3v) is 2.81. The first kappa shape index (κ1) is 12.6. The molecule has 0 bridgehead atoms. The number of carbonyl (C=O) groups excluding carboxylic acids is 1. The number of rotatable bonds is 2. The number of benzene rings is 2. The number of nitrogens with zero attached hydrogens (tertiary/aromatic N) is 1. The number of anilines is 1. The zero-order valence-corrected chi connectivity index (χ0v) is 10.6. The lowest BCUT2D eigenvalue weighted by Gasteiger charge is -2.15. The second kappa shape index (κ2) is 5.21. The fourth-order valence-electron chi connectivity index (χ4n) is 1.52. The van der Waals surface area contributed by atoms with Crippen molar-refractivity contribution in [2.45, 2.75) is 6.92 Å². The molecule has 0 aliphatic heterocycles. The van der Waals surface area contributed by atoms with E-state index in [1.807, 2.05) is 19.1 Å². The summed E-state index contributed by atoms with van der Waals surface area (Å²) >= 11 is 5.74. The molecule has 0 atom stereocenters. The Bertz CT molecular complexity index is 549. The summed E-state index contributed by atoms with van der Waals surface area (Å²) in [6.45, 7) is 1.94. The molecule has 0 spiro atoms. The molecule has 0 fully saturated rings. The molecule has 2 aromatic carbocycles. The maximum Gasteiger partial charge on any atom is 0.281 e. The van der Waals surface area contributed by atoms with Gasteiger partial charge in [-0.2, -0.15) is 5.06 Å². The van der Waals surface area contributed by atoms with Crippen LogP contribution in [-0.4, -0.2) is 11.1 Å². The average molecular weight is 262 g/mol. The largest absolute Gasteiger partial charge is 0.281 e. The molecule has 2 aromatic rings. The predicted octanol–water partition coefficient (Wildman–Crippen LogP) is 3.68. The molecule has 92 valence electrons. The molecule has 0 aliphatic carbocycles. The molecule has 2 rings (SSSR count). The van der Waals surface area contributed by atoms with Crippen LogP contribution in [0.25, 0.3) is 0 Å². The predicted molar refractivity (Wildman–Crippen MR) is 71.2 cm³/mol. The molecule has 1 amide bonds. The Morgan fingerprint density at radius 1 is 1.06 bits per heavy atom. The lowest BCUT2D eigenvalue weighted by atomic mass is 10.2. The summed E-state index contributed by atoms with van der Waals surface area (Å²) in [7, 11) is 0. The van der Waals surface area contributed by atoms with Crippen LogP contribution in [0.4, 0.5) is 5.69 Å². The van der Waals surface area contributed by atoms with Gasteiger partial charge in [-0.05, 0) is 43.3 Å². The Labute approximate surface area is 110 Å². The summed E-state index contributed by atoms with van der Waals surface area (Å²) in [5, 5.41) is 11.0. The van der Waals surface area contributed by atoms with Gasteiger partial charge in [-0.25, -0.2) is 0 Å². The third-order valence-electron chi connectivity index (χ3n) is 2.56. The highest BCUT2D eigenvalue weighted by Crippen LogP contribution is 2.17. The minimum atomic E-state index is -0.490. The molecule has 3 nitrogen and oxygen atoms in total. The van der Waals surface area contributed by atoms with Crippen LogP contribution in [0, 0.1) is 6.92 Å². The van der Waals surface area contributed by atoms with Crippen LogP contribution in [0.5, 0.6) is 0 Å². The van der Waals surface area contributed by atoms with E-state index < -0.39 is 5.91 Å². The topological polar surface area (TPSA) is 40.5 Å². The van der Waals surface area contributed by atoms with E-state index in [1.165, 1.54) is 0 Å². The van der Waals surface area contributed by atoms with E-state index >= 15 is 0 Å². The van der Waals surface area contributed by atoms with Gasteiger partial charge >= 0.3 is 0 Å². The van der Waals surface area contributed by atoms with Crippen LogP contribution in [0.15, 0.2) is 48.5 Å². The van der Waals surface area contributed by atoms with Crippen molar-refractivity contribution >= 4 is 23.2 Å². The molecule has 0 aromatic heterocycles. The smallest absolute Gasteiger partial charge is 0.281 e. The highest BCUT2D eigenvalue weighted by Gasteiger charge is 2.15. The minimum Gasteiger partial charge on any atom is -0.281 e. The van der Waals surface area contributed by atoms with Crippen molar-refractivity contribution in [2.75, 3.05) is 5.06 Å². The van der Waals surface area contributed by atoms with Gasteiger partial charge in [0.1, 0.15) is 0 Å². The number of amides is 1. The lowest BCUT2D eigenvalue weighted by molar-refractivity contribution is 0.0855. The van der Waals surface area contributed by atoms with Crippen molar-refractivity contribution in [3.63, 3.8) is 0 Å². The molecule has 0 saturated carbocycles. The zero-order valence-electron chi connectivity index (χ0n) is 9.80. The lowest BCUT2D eigenvalue weighted by Crippen LogP contribution is -2.26. The molecule has 0 saturated heterocycles. The Balaban J connectivity index is 2.23. The maximum atomic E-state index is 12.0. The summed E-state index contributed by atoms with van der Waals surface area (Å²) in [4.78, 5) is 12.0. The first-order chi connectivity index (χ1) is 8.58. The van der Waals surface area contributed by atoms with Gasteiger partial charge < -0.3 is 0 Å². The maximum absolute atomic E-state index is 12.0. The van der Waals surface area contributed by atoms with Crippen LogP contribution in [0.3, 0.4) is 0 Å². The Morgan fingerprint density at radius 3 is 2.17 bits per heavy atom. The summed E-state index contributed by atoms with van der Waals surface area (Å²) in [5.41, 5.74) is 1.87. The van der Waals surface area contributed by atoms with E-state index in [-0.39, 0.29) is 0 Å². The number of carbonyl (C=O) groups is 1. The number of halogens is 1. The first-order valence-electron chi connectivity index (χ1n) is 5.43. The van der Waals surface area contributed by atoms with E-state index in [9.17, 15) is 10.0 Å². The molecule has 0 unspecified atom stereocenters. The highest BCUT2D eigenvalue weighted by molar-refractivity contribution is 6.30. The second-order valence-corrected chi connectivity index (χ2v) is 4.40. The van der Waals surface area contributed by atoms with E-state index in [0.717, 1.165) is 5.56 Å². The van der Waals surface area contributed by atoms with Gasteiger partial charge in [-0.3, -0.25) is 10.0 Å². The van der Waals surface area contributed by atoms with Gasteiger partial charge in [0.05, 0.1) is 5.69 Å². The second-order valence-electron chi connectivity index (χ2n) is 3.96. The summed E-state index contributed by atoms with van der Waals surface area (Å²) in [6.07, 6.45) is 0. The van der Waals surface area contributed by atoms with Gasteiger partial charge in [0.15, 0.2) is 0 Å². The molecule has 0 aliphatic rings. The van der Waals surface area contributed by atoms with Crippen molar-refractivity contribution in [1.29, 1.82) is 0 Å². The van der Waals surface area contributed by atoms with Crippen molar-refractivity contribution < 1.29 is 10.0 Å². The van der Waals surface area contributed by atoms with Crippen molar-refractivity contribution in [3.8, 4) is 0 Å². The summed E-state index contributed by atoms with van der Waals surface area (Å²) < 4.78 is 0. The zero-order chi connectivity index (χ0) is 13.1. The van der Waals surface area contributed by atoms with E-state index in [2.05, 4.69) is 0 Å². The van der Waals surface area contributed by atoms with Gasteiger partial charge in [0.2, 0.25) is 0 Å². The van der Waals surface area contributed by atoms with Gasteiger partial charge in [0.25, 0.3) is 5.91 Å². The number of hydrogen-bond acceptors (Lipinski definition) is 2. The van der Waals surface area contributed by atoms with Crippen LogP contribution >= 0.6 is 11.6 Å². The van der Waals surface area contributed by atoms with Gasteiger partial charge in [0, 0.05) is 10.6 Å². The number of hydrogen-bond donors (Lipinski definition) is 1. The van der Waals surface area contributed by atoms with Crippen molar-refractivity contribution in [1.82, 2.24) is 0 Å². The van der Waals surface area contributed by atoms with Crippen molar-refractivity contribution in [3.05, 3.63) is 64.7 Å². The highest BCUT2D eigenvalue weighted by atomic mass is 35.5. The Kier molecular flexibility index (Phi) is 3.65. The van der Waals surface area contributed by atoms with Crippen molar-refractivity contribution in [2.24, 2.45) is 0 Å². The SMILES string of the molecule is Cc1ccc(N(O)C(=O)c2ccc(Cl)cc2)cc1. The standard InChI is InChI=1S/C14H12ClNO2/c1-10-2-8-13(9-3-10)16(18)14(17)11-4-6-12(15)7-5-11/h2-9,18H,1H3. The van der Waals surface area contributed by atoms with Crippen LogP contribution < -0.4 is 5.06 Å². The molecule has 0 radical (unpaired) electrons. The summed E-state index contributed by atoms with van der Waals surface area (Å²) in [5.74, 6) is -0.490. The first-order valence-corrected chi connectivity index (χ1v) is 5.81. The molecular weight excluding hydrogens is 250 g/mol. The average Bonchev–Trinajstić information content (AvgIpc) is 2.39. The molecular formula is C14H12ClNO2. The fourth-order valence-corrected chi connectivity index (χ4v) is 1.64. The van der Waals surface area contributed by atoms with Gasteiger partial charge in [-0.1, -0.05) is 29.3 Å². The van der Waals surface area contributed by atoms with E-state index in [0.29, 0.717) is 21.3 Å². The van der Waals surface area contributed by atoms with Crippen LogP contribution in [-0.2, 0) is 0 Å². The Morgan fingerprint density at radius 2 is 1.61 bits per heavy atom. The molecule has 18 heavy (non-hydrogen) atoms. The number of aryl methyl sites for hydroxylation is 1. The minimum absolute atomic E-state index is 0.377.